The molecule has 110 valence electrons. The Bertz CT molecular complexity index is 501. The van der Waals surface area contributed by atoms with Crippen LogP contribution in [0.5, 0.6) is 0 Å². The van der Waals surface area contributed by atoms with Crippen LogP contribution in [-0.4, -0.2) is 40.5 Å². The van der Waals surface area contributed by atoms with Gasteiger partial charge in [0, 0.05) is 31.1 Å². The molecule has 2 N–H and O–H groups in total. The quantitative estimate of drug-likeness (QED) is 0.862. The molecular formula is C15H24N4O. The van der Waals surface area contributed by atoms with Crippen LogP contribution < -0.4 is 10.9 Å². The van der Waals surface area contributed by atoms with E-state index in [0.717, 1.165) is 50.4 Å². The predicted octanol–water partition coefficient (Wildman–Crippen LogP) is 1.93. The monoisotopic (exact) mass is 276 g/mol. The number of H-pyrrole nitrogens is 1. The second kappa shape index (κ2) is 5.95. The number of nitrogens with zero attached hydrogens (tertiary/aromatic N) is 2. The van der Waals surface area contributed by atoms with E-state index in [1.165, 1.54) is 13.0 Å². The van der Waals surface area contributed by atoms with Gasteiger partial charge in [0.2, 0.25) is 0 Å². The van der Waals surface area contributed by atoms with Crippen LogP contribution in [0.3, 0.4) is 0 Å². The van der Waals surface area contributed by atoms with Gasteiger partial charge in [-0.05, 0) is 38.6 Å². The van der Waals surface area contributed by atoms with Gasteiger partial charge in [0.15, 0.2) is 0 Å². The van der Waals surface area contributed by atoms with Gasteiger partial charge < -0.3 is 15.2 Å². The largest absolute Gasteiger partial charge is 0.367 e. The molecule has 2 fully saturated rings. The van der Waals surface area contributed by atoms with E-state index in [4.69, 9.17) is 0 Å². The van der Waals surface area contributed by atoms with Crippen molar-refractivity contribution >= 4 is 5.82 Å². The number of aromatic amines is 1. The molecule has 3 rings (SSSR count). The second-order valence-electron chi connectivity index (χ2n) is 6.05. The van der Waals surface area contributed by atoms with Crippen molar-refractivity contribution in [3.8, 4) is 0 Å². The summed E-state index contributed by atoms with van der Waals surface area (Å²) in [7, 11) is 0. The summed E-state index contributed by atoms with van der Waals surface area (Å²) in [5, 5.41) is 3.45. The van der Waals surface area contributed by atoms with Gasteiger partial charge in [0.05, 0.1) is 0 Å². The van der Waals surface area contributed by atoms with Crippen molar-refractivity contribution in [3.05, 3.63) is 22.2 Å². The second-order valence-corrected chi connectivity index (χ2v) is 6.05. The van der Waals surface area contributed by atoms with E-state index in [1.807, 2.05) is 0 Å². The Hall–Kier alpha value is -1.36. The highest BCUT2D eigenvalue weighted by molar-refractivity contribution is 5.35. The Labute approximate surface area is 119 Å². The molecule has 1 aromatic rings. The number of hydrogen-bond donors (Lipinski definition) is 2. The molecule has 0 atom stereocenters. The summed E-state index contributed by atoms with van der Waals surface area (Å²) in [4.78, 5) is 21.6. The Kier molecular flexibility index (Phi) is 4.05. The van der Waals surface area contributed by atoms with E-state index < -0.39 is 0 Å². The fraction of sp³-hybridized carbons (Fsp3) is 0.733. The maximum Gasteiger partial charge on any atom is 0.252 e. The molecule has 0 bridgehead atoms. The zero-order valence-electron chi connectivity index (χ0n) is 12.2. The first-order chi connectivity index (χ1) is 9.74. The maximum absolute atomic E-state index is 11.7. The van der Waals surface area contributed by atoms with Crippen molar-refractivity contribution in [1.29, 1.82) is 0 Å². The summed E-state index contributed by atoms with van der Waals surface area (Å²) in [6, 6.07) is 2.04. The molecule has 1 aliphatic carbocycles. The van der Waals surface area contributed by atoms with Crippen LogP contribution in [0.25, 0.3) is 0 Å². The summed E-state index contributed by atoms with van der Waals surface area (Å²) in [5.41, 5.74) is -0.0344. The van der Waals surface area contributed by atoms with Crippen molar-refractivity contribution in [1.82, 2.24) is 14.9 Å². The molecule has 5 heteroatoms. The minimum absolute atomic E-state index is 0.0344. The zero-order valence-corrected chi connectivity index (χ0v) is 12.2. The number of rotatable bonds is 5. The summed E-state index contributed by atoms with van der Waals surface area (Å²) in [6.07, 6.45) is 5.79. The zero-order chi connectivity index (χ0) is 13.9. The van der Waals surface area contributed by atoms with Crippen LogP contribution in [0.1, 0.15) is 50.8 Å². The summed E-state index contributed by atoms with van der Waals surface area (Å²) >= 11 is 0. The summed E-state index contributed by atoms with van der Waals surface area (Å²) in [6.45, 7) is 5.71. The van der Waals surface area contributed by atoms with E-state index in [0.29, 0.717) is 12.0 Å². The normalized spacial score (nSPS) is 21.1. The topological polar surface area (TPSA) is 61.0 Å². The van der Waals surface area contributed by atoms with Gasteiger partial charge in [-0.25, -0.2) is 4.98 Å². The third-order valence-electron chi connectivity index (χ3n) is 4.20. The first kappa shape index (κ1) is 13.6. The van der Waals surface area contributed by atoms with Crippen molar-refractivity contribution in [2.75, 3.05) is 25.0 Å². The minimum atomic E-state index is -0.0344. The first-order valence-corrected chi connectivity index (χ1v) is 7.84. The molecule has 2 heterocycles. The molecule has 1 saturated carbocycles. The minimum Gasteiger partial charge on any atom is -0.367 e. The number of anilines is 1. The van der Waals surface area contributed by atoms with Crippen LogP contribution in [0.4, 0.5) is 5.82 Å². The SMILES string of the molecule is CCCN1CCC(Nc2cc(=O)[nH]c(C3CC3)n2)CC1. The van der Waals surface area contributed by atoms with Gasteiger partial charge in [-0.3, -0.25) is 4.79 Å². The highest BCUT2D eigenvalue weighted by Crippen LogP contribution is 2.37. The van der Waals surface area contributed by atoms with Crippen LogP contribution in [0, 0.1) is 0 Å². The van der Waals surface area contributed by atoms with Gasteiger partial charge in [-0.2, -0.15) is 0 Å². The van der Waals surface area contributed by atoms with Crippen molar-refractivity contribution in [2.24, 2.45) is 0 Å². The first-order valence-electron chi connectivity index (χ1n) is 7.84. The molecule has 0 amide bonds. The Morgan fingerprint density at radius 1 is 1.35 bits per heavy atom. The van der Waals surface area contributed by atoms with Gasteiger partial charge in [-0.15, -0.1) is 0 Å². The fourth-order valence-electron chi connectivity index (χ4n) is 2.93. The van der Waals surface area contributed by atoms with Crippen molar-refractivity contribution < 1.29 is 0 Å². The highest BCUT2D eigenvalue weighted by atomic mass is 16.1. The number of piperidine rings is 1. The van der Waals surface area contributed by atoms with Crippen LogP contribution in [0.15, 0.2) is 10.9 Å². The van der Waals surface area contributed by atoms with Gasteiger partial charge in [0.1, 0.15) is 11.6 Å². The lowest BCUT2D eigenvalue weighted by molar-refractivity contribution is 0.219. The molecule has 1 aromatic heterocycles. The molecule has 0 spiro atoms. The molecule has 2 aliphatic rings. The molecule has 0 radical (unpaired) electrons. The smallest absolute Gasteiger partial charge is 0.252 e. The lowest BCUT2D eigenvalue weighted by Gasteiger charge is -2.32. The number of nitrogens with one attached hydrogen (secondary N) is 2. The number of aromatic nitrogens is 2. The lowest BCUT2D eigenvalue weighted by atomic mass is 10.0. The average molecular weight is 276 g/mol. The van der Waals surface area contributed by atoms with E-state index >= 15 is 0 Å². The van der Waals surface area contributed by atoms with Crippen molar-refractivity contribution in [3.63, 3.8) is 0 Å². The lowest BCUT2D eigenvalue weighted by Crippen LogP contribution is -2.39. The third-order valence-corrected chi connectivity index (χ3v) is 4.20. The van der Waals surface area contributed by atoms with Crippen LogP contribution in [-0.2, 0) is 0 Å². The van der Waals surface area contributed by atoms with Crippen molar-refractivity contribution in [2.45, 2.75) is 51.0 Å². The van der Waals surface area contributed by atoms with E-state index in [2.05, 4.69) is 27.1 Å². The summed E-state index contributed by atoms with van der Waals surface area (Å²) in [5.74, 6) is 2.10. The Morgan fingerprint density at radius 3 is 2.75 bits per heavy atom. The standard InChI is InChI=1S/C15H24N4O/c1-2-7-19-8-5-12(6-9-19)16-13-10-14(20)18-15(17-13)11-3-4-11/h10-12H,2-9H2,1H3,(H2,16,17,18,20). The fourth-order valence-corrected chi connectivity index (χ4v) is 2.93. The molecule has 1 aliphatic heterocycles. The van der Waals surface area contributed by atoms with Gasteiger partial charge in [0.25, 0.3) is 5.56 Å². The molecule has 0 aromatic carbocycles. The molecule has 20 heavy (non-hydrogen) atoms. The Balaban J connectivity index is 1.59. The molecule has 5 nitrogen and oxygen atoms in total. The predicted molar refractivity (Wildman–Crippen MR) is 80.2 cm³/mol. The van der Waals surface area contributed by atoms with Gasteiger partial charge >= 0.3 is 0 Å². The van der Waals surface area contributed by atoms with E-state index in [9.17, 15) is 4.79 Å². The third kappa shape index (κ3) is 3.39. The molecular weight excluding hydrogens is 252 g/mol. The Morgan fingerprint density at radius 2 is 2.10 bits per heavy atom. The average Bonchev–Trinajstić information content (AvgIpc) is 3.25. The number of hydrogen-bond acceptors (Lipinski definition) is 4. The highest BCUT2D eigenvalue weighted by Gasteiger charge is 2.27. The van der Waals surface area contributed by atoms with Gasteiger partial charge in [-0.1, -0.05) is 6.92 Å². The molecule has 0 unspecified atom stereocenters. The van der Waals surface area contributed by atoms with E-state index in [-0.39, 0.29) is 5.56 Å². The summed E-state index contributed by atoms with van der Waals surface area (Å²) < 4.78 is 0. The van der Waals surface area contributed by atoms with Crippen LogP contribution >= 0.6 is 0 Å². The molecule has 1 saturated heterocycles. The van der Waals surface area contributed by atoms with Crippen LogP contribution in [0.2, 0.25) is 0 Å². The maximum atomic E-state index is 11.7. The number of likely N-dealkylation sites (tertiary alicyclic amines) is 1. The van der Waals surface area contributed by atoms with E-state index in [1.54, 1.807) is 6.07 Å².